The second kappa shape index (κ2) is 5.30. The highest BCUT2D eigenvalue weighted by atomic mass is 19.1. The van der Waals surface area contributed by atoms with Gasteiger partial charge in [0.25, 0.3) is 0 Å². The van der Waals surface area contributed by atoms with Gasteiger partial charge in [0.05, 0.1) is 0 Å². The van der Waals surface area contributed by atoms with Gasteiger partial charge in [-0.1, -0.05) is 0 Å². The van der Waals surface area contributed by atoms with Crippen molar-refractivity contribution in [2.24, 2.45) is 0 Å². The summed E-state index contributed by atoms with van der Waals surface area (Å²) >= 11 is 0. The zero-order chi connectivity index (χ0) is 13.9. The highest BCUT2D eigenvalue weighted by Crippen LogP contribution is 2.26. The average molecular weight is 272 g/mol. The van der Waals surface area contributed by atoms with Crippen LogP contribution in [0.4, 0.5) is 4.39 Å². The summed E-state index contributed by atoms with van der Waals surface area (Å²) in [7, 11) is 0. The van der Waals surface area contributed by atoms with Crippen molar-refractivity contribution >= 4 is 11.0 Å². The molecule has 0 spiro atoms. The first-order valence-corrected chi connectivity index (χ1v) is 6.21. The maximum absolute atomic E-state index is 13.4. The molecule has 3 aromatic rings. The van der Waals surface area contributed by atoms with Gasteiger partial charge in [-0.05, 0) is 35.9 Å². The summed E-state index contributed by atoms with van der Waals surface area (Å²) < 4.78 is 18.5. The third-order valence-corrected chi connectivity index (χ3v) is 3.16. The van der Waals surface area contributed by atoms with E-state index < -0.39 is 6.79 Å². The van der Waals surface area contributed by atoms with Crippen molar-refractivity contribution < 1.29 is 14.2 Å². The molecule has 1 aromatic carbocycles. The molecule has 20 heavy (non-hydrogen) atoms. The highest BCUT2D eigenvalue weighted by Gasteiger charge is 2.10. The lowest BCUT2D eigenvalue weighted by Crippen LogP contribution is -2.00. The van der Waals surface area contributed by atoms with Crippen molar-refractivity contribution in [2.45, 2.75) is 6.42 Å². The Kier molecular flexibility index (Phi) is 3.35. The Morgan fingerprint density at radius 1 is 1.25 bits per heavy atom. The fraction of sp³-hybridized carbons (Fsp3) is 0.133. The number of halogens is 1. The highest BCUT2D eigenvalue weighted by molar-refractivity contribution is 5.79. The number of hydrogen-bond acceptors (Lipinski definition) is 3. The zero-order valence-electron chi connectivity index (χ0n) is 10.6. The predicted molar refractivity (Wildman–Crippen MR) is 73.0 cm³/mol. The van der Waals surface area contributed by atoms with Gasteiger partial charge in [0, 0.05) is 29.8 Å². The van der Waals surface area contributed by atoms with E-state index in [1.807, 2.05) is 18.3 Å². The van der Waals surface area contributed by atoms with Crippen molar-refractivity contribution in [3.8, 4) is 5.75 Å². The Morgan fingerprint density at radius 3 is 3.00 bits per heavy atom. The van der Waals surface area contributed by atoms with E-state index in [-0.39, 0.29) is 5.82 Å². The summed E-state index contributed by atoms with van der Waals surface area (Å²) in [5.74, 6) is 0.149. The fourth-order valence-corrected chi connectivity index (χ4v) is 2.26. The SMILES string of the molecule is OCOc1ccc(F)cc1Cc1c[nH]c2ncccc12. The summed E-state index contributed by atoms with van der Waals surface area (Å²) in [6.45, 7) is -0.436. The smallest absolute Gasteiger partial charge is 0.186 e. The van der Waals surface area contributed by atoms with Crippen LogP contribution in [0.3, 0.4) is 0 Å². The predicted octanol–water partition coefficient (Wildman–Crippen LogP) is 2.62. The number of aromatic nitrogens is 2. The third kappa shape index (κ3) is 2.35. The number of pyridine rings is 1. The molecule has 2 heterocycles. The molecule has 0 aliphatic rings. The first-order valence-electron chi connectivity index (χ1n) is 6.21. The van der Waals surface area contributed by atoms with Crippen molar-refractivity contribution in [1.29, 1.82) is 0 Å². The normalized spacial score (nSPS) is 10.9. The average Bonchev–Trinajstić information content (AvgIpc) is 2.86. The van der Waals surface area contributed by atoms with E-state index >= 15 is 0 Å². The minimum atomic E-state index is -0.436. The molecule has 0 amide bonds. The Hall–Kier alpha value is -2.40. The van der Waals surface area contributed by atoms with Crippen LogP contribution in [-0.2, 0) is 6.42 Å². The number of hydrogen-bond donors (Lipinski definition) is 2. The van der Waals surface area contributed by atoms with Crippen LogP contribution in [0.2, 0.25) is 0 Å². The Labute approximate surface area is 114 Å². The second-order valence-electron chi connectivity index (χ2n) is 4.42. The van der Waals surface area contributed by atoms with E-state index in [0.29, 0.717) is 17.7 Å². The number of fused-ring (bicyclic) bond motifs is 1. The van der Waals surface area contributed by atoms with E-state index in [1.165, 1.54) is 18.2 Å². The molecule has 0 bridgehead atoms. The monoisotopic (exact) mass is 272 g/mol. The van der Waals surface area contributed by atoms with Gasteiger partial charge in [-0.25, -0.2) is 9.37 Å². The number of aromatic amines is 1. The molecule has 0 atom stereocenters. The number of aliphatic hydroxyl groups excluding tert-OH is 1. The van der Waals surface area contributed by atoms with E-state index in [4.69, 9.17) is 9.84 Å². The zero-order valence-corrected chi connectivity index (χ0v) is 10.6. The quantitative estimate of drug-likeness (QED) is 0.718. The van der Waals surface area contributed by atoms with Crippen LogP contribution in [0.15, 0.2) is 42.7 Å². The molecule has 0 fully saturated rings. The number of aliphatic hydroxyl groups is 1. The maximum atomic E-state index is 13.4. The van der Waals surface area contributed by atoms with Crippen LogP contribution in [0, 0.1) is 5.82 Å². The summed E-state index contributed by atoms with van der Waals surface area (Å²) in [5.41, 5.74) is 2.48. The minimum Gasteiger partial charge on any atom is -0.467 e. The number of H-pyrrole nitrogens is 1. The van der Waals surface area contributed by atoms with Gasteiger partial charge < -0.3 is 14.8 Å². The van der Waals surface area contributed by atoms with Gasteiger partial charge in [-0.15, -0.1) is 0 Å². The molecular formula is C15H13FN2O2. The number of rotatable bonds is 4. The van der Waals surface area contributed by atoms with Gasteiger partial charge in [0.1, 0.15) is 17.2 Å². The molecule has 3 rings (SSSR count). The van der Waals surface area contributed by atoms with Gasteiger partial charge >= 0.3 is 0 Å². The molecule has 0 aliphatic heterocycles. The Balaban J connectivity index is 2.00. The summed E-state index contributed by atoms with van der Waals surface area (Å²) in [5, 5.41) is 9.87. The molecule has 0 saturated heterocycles. The molecule has 4 nitrogen and oxygen atoms in total. The largest absolute Gasteiger partial charge is 0.467 e. The molecule has 2 N–H and O–H groups in total. The summed E-state index contributed by atoms with van der Waals surface area (Å²) in [6, 6.07) is 8.07. The molecule has 0 saturated carbocycles. The lowest BCUT2D eigenvalue weighted by Gasteiger charge is -2.09. The fourth-order valence-electron chi connectivity index (χ4n) is 2.26. The summed E-state index contributed by atoms with van der Waals surface area (Å²) in [4.78, 5) is 7.30. The lowest BCUT2D eigenvalue weighted by atomic mass is 10.0. The number of nitrogens with one attached hydrogen (secondary N) is 1. The Morgan fingerprint density at radius 2 is 2.15 bits per heavy atom. The topological polar surface area (TPSA) is 58.1 Å². The van der Waals surface area contributed by atoms with Crippen LogP contribution in [0.1, 0.15) is 11.1 Å². The molecule has 5 heteroatoms. The molecule has 102 valence electrons. The van der Waals surface area contributed by atoms with E-state index in [2.05, 4.69) is 9.97 Å². The second-order valence-corrected chi connectivity index (χ2v) is 4.42. The first-order chi connectivity index (χ1) is 9.78. The molecule has 0 unspecified atom stereocenters. The molecule has 2 aromatic heterocycles. The Bertz CT molecular complexity index is 740. The van der Waals surface area contributed by atoms with Crippen LogP contribution < -0.4 is 4.74 Å². The number of ether oxygens (including phenoxy) is 1. The molecule has 0 radical (unpaired) electrons. The van der Waals surface area contributed by atoms with Gasteiger partial charge in [0.15, 0.2) is 6.79 Å². The third-order valence-electron chi connectivity index (χ3n) is 3.16. The van der Waals surface area contributed by atoms with Crippen molar-refractivity contribution in [1.82, 2.24) is 9.97 Å². The standard InChI is InChI=1S/C15H13FN2O2/c16-12-3-4-14(20-9-19)10(7-12)6-11-8-18-15-13(11)2-1-5-17-15/h1-5,7-8,19H,6,9H2,(H,17,18). The summed E-state index contributed by atoms with van der Waals surface area (Å²) in [6.07, 6.45) is 4.06. The molecular weight excluding hydrogens is 259 g/mol. The van der Waals surface area contributed by atoms with Crippen LogP contribution in [0.25, 0.3) is 11.0 Å². The number of benzene rings is 1. The molecule has 0 aliphatic carbocycles. The van der Waals surface area contributed by atoms with E-state index in [0.717, 1.165) is 16.6 Å². The van der Waals surface area contributed by atoms with Gasteiger partial charge in [-0.3, -0.25) is 0 Å². The van der Waals surface area contributed by atoms with Crippen LogP contribution in [0.5, 0.6) is 5.75 Å². The van der Waals surface area contributed by atoms with Gasteiger partial charge in [0.2, 0.25) is 0 Å². The minimum absolute atomic E-state index is 0.330. The van der Waals surface area contributed by atoms with Crippen molar-refractivity contribution in [3.05, 3.63) is 59.7 Å². The van der Waals surface area contributed by atoms with Crippen LogP contribution in [-0.4, -0.2) is 21.9 Å². The number of nitrogens with zero attached hydrogens (tertiary/aromatic N) is 1. The van der Waals surface area contributed by atoms with E-state index in [1.54, 1.807) is 6.20 Å². The first kappa shape index (κ1) is 12.6. The van der Waals surface area contributed by atoms with E-state index in [9.17, 15) is 4.39 Å². The van der Waals surface area contributed by atoms with Gasteiger partial charge in [-0.2, -0.15) is 0 Å². The maximum Gasteiger partial charge on any atom is 0.186 e. The van der Waals surface area contributed by atoms with Crippen molar-refractivity contribution in [3.63, 3.8) is 0 Å². The van der Waals surface area contributed by atoms with Crippen molar-refractivity contribution in [2.75, 3.05) is 6.79 Å². The van der Waals surface area contributed by atoms with Crippen LogP contribution >= 0.6 is 0 Å². The lowest BCUT2D eigenvalue weighted by molar-refractivity contribution is 0.0976.